The fourth-order valence-corrected chi connectivity index (χ4v) is 5.82. The Bertz CT molecular complexity index is 609. The van der Waals surface area contributed by atoms with Crippen LogP contribution in [0.5, 0.6) is 0 Å². The molecule has 10 heteroatoms. The maximum absolute atomic E-state index is 12.1. The van der Waals surface area contributed by atoms with Gasteiger partial charge >= 0.3 is 5.97 Å². The SMILES string of the molecule is C[N+]1(C)CC(CS(=O)(=O)[O-])C(CS(=O)(=O)CCCC(=O)O)C1. The van der Waals surface area contributed by atoms with E-state index in [9.17, 15) is 26.2 Å². The summed E-state index contributed by atoms with van der Waals surface area (Å²) in [7, 11) is -4.15. The van der Waals surface area contributed by atoms with E-state index in [0.29, 0.717) is 17.6 Å². The number of sulfone groups is 1. The lowest BCUT2D eigenvalue weighted by atomic mass is 10.0. The first-order valence-electron chi connectivity index (χ1n) is 6.97. The van der Waals surface area contributed by atoms with Crippen LogP contribution in [-0.4, -0.2) is 81.4 Å². The van der Waals surface area contributed by atoms with E-state index >= 15 is 0 Å². The Hall–Kier alpha value is -0.710. The number of hydrogen-bond donors (Lipinski definition) is 1. The molecule has 1 heterocycles. The van der Waals surface area contributed by atoms with Gasteiger partial charge in [-0.05, 0) is 6.42 Å². The molecule has 0 saturated carbocycles. The zero-order valence-electron chi connectivity index (χ0n) is 12.8. The van der Waals surface area contributed by atoms with Crippen LogP contribution >= 0.6 is 0 Å². The van der Waals surface area contributed by atoms with Gasteiger partial charge in [0.15, 0.2) is 9.84 Å². The first kappa shape index (κ1) is 19.3. The monoisotopic (exact) mass is 357 g/mol. The summed E-state index contributed by atoms with van der Waals surface area (Å²) < 4.78 is 57.5. The minimum absolute atomic E-state index is 0.0349. The maximum atomic E-state index is 12.1. The van der Waals surface area contributed by atoms with Gasteiger partial charge in [-0.1, -0.05) is 0 Å². The highest BCUT2D eigenvalue weighted by Gasteiger charge is 2.42. The lowest BCUT2D eigenvalue weighted by Crippen LogP contribution is -2.37. The Kier molecular flexibility index (Phi) is 5.99. The van der Waals surface area contributed by atoms with Crippen molar-refractivity contribution in [2.45, 2.75) is 12.8 Å². The second-order valence-electron chi connectivity index (χ2n) is 6.66. The fraction of sp³-hybridized carbons (Fsp3) is 0.917. The molecule has 0 aromatic carbocycles. The van der Waals surface area contributed by atoms with Gasteiger partial charge in [-0.25, -0.2) is 16.8 Å². The number of likely N-dealkylation sites (tertiary alicyclic amines) is 1. The van der Waals surface area contributed by atoms with E-state index in [1.54, 1.807) is 0 Å². The van der Waals surface area contributed by atoms with Crippen molar-refractivity contribution in [2.24, 2.45) is 11.8 Å². The van der Waals surface area contributed by atoms with Crippen LogP contribution in [-0.2, 0) is 24.7 Å². The summed E-state index contributed by atoms with van der Waals surface area (Å²) in [5, 5.41) is 8.53. The molecule has 0 aliphatic carbocycles. The van der Waals surface area contributed by atoms with Crippen LogP contribution in [0.1, 0.15) is 12.8 Å². The average molecular weight is 357 g/mol. The number of carbonyl (C=O) groups is 1. The largest absolute Gasteiger partial charge is 0.748 e. The quantitative estimate of drug-likeness (QED) is 0.442. The van der Waals surface area contributed by atoms with Gasteiger partial charge in [0.25, 0.3) is 0 Å². The van der Waals surface area contributed by atoms with Crippen LogP contribution < -0.4 is 0 Å². The van der Waals surface area contributed by atoms with Crippen LogP contribution in [0.15, 0.2) is 0 Å². The standard InChI is InChI=1S/C12H23NO7S2/c1-13(2)6-10(11(7-13)9-22(18,19)20)8-21(16,17)5-3-4-12(14)15/h10-11H,3-9H2,1-2H3,(H-,14,15,18,19,20). The molecular weight excluding hydrogens is 334 g/mol. The number of hydrogen-bond acceptors (Lipinski definition) is 6. The Balaban J connectivity index is 2.73. The van der Waals surface area contributed by atoms with Gasteiger partial charge in [-0.2, -0.15) is 0 Å². The molecule has 0 spiro atoms. The van der Waals surface area contributed by atoms with E-state index < -0.39 is 43.5 Å². The molecule has 1 aliphatic heterocycles. The van der Waals surface area contributed by atoms with Crippen LogP contribution in [0.4, 0.5) is 0 Å². The number of carboxylic acids is 1. The van der Waals surface area contributed by atoms with Crippen LogP contribution in [0.3, 0.4) is 0 Å². The Labute approximate surface area is 131 Å². The number of carboxylic acid groups (broad SMARTS) is 1. The molecule has 8 nitrogen and oxygen atoms in total. The zero-order chi connectivity index (χ0) is 17.2. The Morgan fingerprint density at radius 2 is 1.64 bits per heavy atom. The molecular formula is C12H23NO7S2. The third-order valence-electron chi connectivity index (χ3n) is 3.86. The first-order valence-corrected chi connectivity index (χ1v) is 10.4. The highest BCUT2D eigenvalue weighted by molar-refractivity contribution is 7.91. The molecule has 1 aliphatic rings. The number of nitrogens with zero attached hydrogens (tertiary/aromatic N) is 1. The van der Waals surface area contributed by atoms with Gasteiger partial charge in [0.1, 0.15) is 0 Å². The molecule has 2 atom stereocenters. The lowest BCUT2D eigenvalue weighted by molar-refractivity contribution is -0.880. The number of aliphatic carboxylic acids is 1. The van der Waals surface area contributed by atoms with Crippen molar-refractivity contribution < 1.29 is 35.8 Å². The molecule has 130 valence electrons. The summed E-state index contributed by atoms with van der Waals surface area (Å²) in [6.07, 6.45) is -0.184. The number of rotatable bonds is 8. The van der Waals surface area contributed by atoms with Gasteiger partial charge in [0.2, 0.25) is 0 Å². The van der Waals surface area contributed by atoms with E-state index in [2.05, 4.69) is 0 Å². The van der Waals surface area contributed by atoms with Crippen molar-refractivity contribution in [1.82, 2.24) is 0 Å². The summed E-state index contributed by atoms with van der Waals surface area (Å²) in [6, 6.07) is 0. The predicted molar refractivity (Wildman–Crippen MR) is 78.9 cm³/mol. The summed E-state index contributed by atoms with van der Waals surface area (Å²) in [4.78, 5) is 10.4. The third-order valence-corrected chi connectivity index (χ3v) is 6.54. The molecule has 2 unspecified atom stereocenters. The van der Waals surface area contributed by atoms with Gasteiger partial charge in [0, 0.05) is 24.0 Å². The first-order chi connectivity index (χ1) is 9.80. The Morgan fingerprint density at radius 1 is 1.14 bits per heavy atom. The second kappa shape index (κ2) is 6.81. The average Bonchev–Trinajstić information content (AvgIpc) is 2.48. The minimum Gasteiger partial charge on any atom is -0.748 e. The van der Waals surface area contributed by atoms with Crippen molar-refractivity contribution in [3.63, 3.8) is 0 Å². The topological polar surface area (TPSA) is 129 Å². The molecule has 0 amide bonds. The van der Waals surface area contributed by atoms with Crippen molar-refractivity contribution in [3.05, 3.63) is 0 Å². The smallest absolute Gasteiger partial charge is 0.303 e. The molecule has 1 rings (SSSR count). The second-order valence-corrected chi connectivity index (χ2v) is 10.3. The summed E-state index contributed by atoms with van der Waals surface area (Å²) in [5.74, 6) is -2.91. The molecule has 1 saturated heterocycles. The normalized spacial score (nSPS) is 25.2. The zero-order valence-corrected chi connectivity index (χ0v) is 14.4. The van der Waals surface area contributed by atoms with Crippen LogP contribution in [0, 0.1) is 11.8 Å². The van der Waals surface area contributed by atoms with Gasteiger partial charge < -0.3 is 14.1 Å². The maximum Gasteiger partial charge on any atom is 0.303 e. The van der Waals surface area contributed by atoms with E-state index in [-0.39, 0.29) is 24.3 Å². The van der Waals surface area contributed by atoms with Crippen LogP contribution in [0.2, 0.25) is 0 Å². The molecule has 0 aromatic heterocycles. The highest BCUT2D eigenvalue weighted by Crippen LogP contribution is 2.29. The van der Waals surface area contributed by atoms with Crippen LogP contribution in [0.25, 0.3) is 0 Å². The van der Waals surface area contributed by atoms with E-state index in [4.69, 9.17) is 5.11 Å². The van der Waals surface area contributed by atoms with E-state index in [1.165, 1.54) is 0 Å². The van der Waals surface area contributed by atoms with E-state index in [0.717, 1.165) is 0 Å². The predicted octanol–water partition coefficient (Wildman–Crippen LogP) is -0.866. The molecule has 0 radical (unpaired) electrons. The minimum atomic E-state index is -4.41. The lowest BCUT2D eigenvalue weighted by Gasteiger charge is -2.23. The van der Waals surface area contributed by atoms with Gasteiger partial charge in [-0.3, -0.25) is 4.79 Å². The molecule has 0 aromatic rings. The highest BCUT2D eigenvalue weighted by atomic mass is 32.2. The third kappa shape index (κ3) is 7.03. The molecule has 0 bridgehead atoms. The van der Waals surface area contributed by atoms with Crippen molar-refractivity contribution >= 4 is 25.9 Å². The van der Waals surface area contributed by atoms with Gasteiger partial charge in [0.05, 0.1) is 48.8 Å². The van der Waals surface area contributed by atoms with Gasteiger partial charge in [-0.15, -0.1) is 0 Å². The molecule has 1 N–H and O–H groups in total. The van der Waals surface area contributed by atoms with Crippen molar-refractivity contribution in [3.8, 4) is 0 Å². The Morgan fingerprint density at radius 3 is 2.09 bits per heavy atom. The van der Waals surface area contributed by atoms with Crippen molar-refractivity contribution in [2.75, 3.05) is 44.4 Å². The van der Waals surface area contributed by atoms with E-state index in [1.807, 2.05) is 14.1 Å². The van der Waals surface area contributed by atoms with Crippen molar-refractivity contribution in [1.29, 1.82) is 0 Å². The molecule has 1 fully saturated rings. The fourth-order valence-electron chi connectivity index (χ4n) is 3.13. The number of quaternary nitrogens is 1. The summed E-state index contributed by atoms with van der Waals surface area (Å²) in [6.45, 7) is 0.926. The summed E-state index contributed by atoms with van der Waals surface area (Å²) >= 11 is 0. The summed E-state index contributed by atoms with van der Waals surface area (Å²) in [5.41, 5.74) is 0. The molecule has 22 heavy (non-hydrogen) atoms.